The molecule has 0 aromatic heterocycles. The number of benzene rings is 2. The molecule has 7 heteroatoms. The Bertz CT molecular complexity index is 926. The summed E-state index contributed by atoms with van der Waals surface area (Å²) in [6, 6.07) is 12.4. The van der Waals surface area contributed by atoms with E-state index in [-0.39, 0.29) is 5.57 Å². The third-order valence-electron chi connectivity index (χ3n) is 3.90. The summed E-state index contributed by atoms with van der Waals surface area (Å²) in [6.07, 6.45) is 1.39. The van der Waals surface area contributed by atoms with Gasteiger partial charge in [-0.15, -0.1) is 0 Å². The van der Waals surface area contributed by atoms with Gasteiger partial charge in [0.2, 0.25) is 0 Å². The van der Waals surface area contributed by atoms with Gasteiger partial charge in [-0.2, -0.15) is 0 Å². The predicted octanol–water partition coefficient (Wildman–Crippen LogP) is 4.15. The fourth-order valence-corrected chi connectivity index (χ4v) is 2.84. The molecule has 2 aromatic carbocycles. The maximum atomic E-state index is 12.1. The first-order chi connectivity index (χ1) is 13.3. The van der Waals surface area contributed by atoms with E-state index in [9.17, 15) is 9.59 Å². The highest BCUT2D eigenvalue weighted by molar-refractivity contribution is 6.30. The summed E-state index contributed by atoms with van der Waals surface area (Å²) in [5, 5.41) is 0.629. The van der Waals surface area contributed by atoms with E-state index in [0.717, 1.165) is 5.56 Å². The van der Waals surface area contributed by atoms with Crippen molar-refractivity contribution in [2.24, 2.45) is 0 Å². The van der Waals surface area contributed by atoms with Crippen LogP contribution in [0.3, 0.4) is 0 Å². The van der Waals surface area contributed by atoms with Crippen molar-refractivity contribution in [1.82, 2.24) is 0 Å². The molecular formula is C21H19ClO6. The number of methoxy groups -OCH3 is 1. The zero-order valence-corrected chi connectivity index (χ0v) is 16.4. The molecule has 0 spiro atoms. The second kappa shape index (κ2) is 7.94. The molecule has 3 rings (SSSR count). The first-order valence-electron chi connectivity index (χ1n) is 8.51. The van der Waals surface area contributed by atoms with Crippen molar-refractivity contribution >= 4 is 29.6 Å². The Morgan fingerprint density at radius 2 is 1.75 bits per heavy atom. The molecule has 0 radical (unpaired) electrons. The van der Waals surface area contributed by atoms with Crippen molar-refractivity contribution in [3.8, 4) is 11.5 Å². The number of rotatable bonds is 5. The van der Waals surface area contributed by atoms with Crippen LogP contribution >= 0.6 is 11.6 Å². The monoisotopic (exact) mass is 402 g/mol. The van der Waals surface area contributed by atoms with E-state index in [0.29, 0.717) is 28.7 Å². The third kappa shape index (κ3) is 4.64. The van der Waals surface area contributed by atoms with Gasteiger partial charge in [-0.05, 0) is 41.5 Å². The number of hydrogen-bond donors (Lipinski definition) is 0. The molecular weight excluding hydrogens is 384 g/mol. The van der Waals surface area contributed by atoms with Crippen LogP contribution in [0.5, 0.6) is 11.5 Å². The van der Waals surface area contributed by atoms with E-state index in [1.807, 2.05) is 18.2 Å². The van der Waals surface area contributed by atoms with E-state index < -0.39 is 17.7 Å². The molecule has 1 saturated heterocycles. The number of carbonyl (C=O) groups is 2. The van der Waals surface area contributed by atoms with Crippen molar-refractivity contribution in [3.63, 3.8) is 0 Å². The van der Waals surface area contributed by atoms with Gasteiger partial charge in [0.05, 0.1) is 7.11 Å². The van der Waals surface area contributed by atoms with Crippen LogP contribution in [-0.4, -0.2) is 24.8 Å². The van der Waals surface area contributed by atoms with Crippen molar-refractivity contribution in [2.45, 2.75) is 26.2 Å². The van der Waals surface area contributed by atoms with Crippen LogP contribution in [0.4, 0.5) is 0 Å². The number of cyclic esters (lactones) is 2. The number of ether oxygens (including phenoxy) is 4. The van der Waals surface area contributed by atoms with Gasteiger partial charge in [0.15, 0.2) is 11.5 Å². The number of esters is 2. The Hall–Kier alpha value is -2.99. The Morgan fingerprint density at radius 1 is 1.04 bits per heavy atom. The van der Waals surface area contributed by atoms with Crippen LogP contribution in [0.2, 0.25) is 5.02 Å². The maximum Gasteiger partial charge on any atom is 0.348 e. The van der Waals surface area contributed by atoms with Gasteiger partial charge in [-0.1, -0.05) is 29.8 Å². The highest BCUT2D eigenvalue weighted by atomic mass is 35.5. The molecule has 1 aliphatic heterocycles. The Kier molecular flexibility index (Phi) is 5.61. The lowest BCUT2D eigenvalue weighted by molar-refractivity contribution is -0.222. The molecule has 1 heterocycles. The SMILES string of the molecule is COc1cc(C=C2C(=O)OC(C)(C)OC2=O)ccc1OCc1cccc(Cl)c1. The molecule has 0 saturated carbocycles. The van der Waals surface area contributed by atoms with Gasteiger partial charge >= 0.3 is 11.9 Å². The van der Waals surface area contributed by atoms with E-state index in [4.69, 9.17) is 30.5 Å². The van der Waals surface area contributed by atoms with Crippen LogP contribution in [-0.2, 0) is 25.7 Å². The molecule has 28 heavy (non-hydrogen) atoms. The predicted molar refractivity (Wildman–Crippen MR) is 103 cm³/mol. The summed E-state index contributed by atoms with van der Waals surface area (Å²) in [7, 11) is 1.50. The number of hydrogen-bond acceptors (Lipinski definition) is 6. The molecule has 0 atom stereocenters. The quantitative estimate of drug-likeness (QED) is 0.425. The van der Waals surface area contributed by atoms with E-state index >= 15 is 0 Å². The molecule has 2 aromatic rings. The lowest BCUT2D eigenvalue weighted by Gasteiger charge is -2.29. The summed E-state index contributed by atoms with van der Waals surface area (Å²) in [5.74, 6) is -1.78. The standard InChI is InChI=1S/C21H19ClO6/c1-21(2)27-19(23)16(20(24)28-21)10-13-7-8-17(18(11-13)25-3)26-12-14-5-4-6-15(22)9-14/h4-11H,12H2,1-3H3. The van der Waals surface area contributed by atoms with Crippen LogP contribution in [0, 0.1) is 0 Å². The topological polar surface area (TPSA) is 71.1 Å². The van der Waals surface area contributed by atoms with Gasteiger partial charge in [-0.3, -0.25) is 0 Å². The molecule has 146 valence electrons. The fourth-order valence-electron chi connectivity index (χ4n) is 2.63. The summed E-state index contributed by atoms with van der Waals surface area (Å²) < 4.78 is 21.3. The number of halogens is 1. The molecule has 6 nitrogen and oxygen atoms in total. The molecule has 1 fully saturated rings. The van der Waals surface area contributed by atoms with Crippen molar-refractivity contribution < 1.29 is 28.5 Å². The lowest BCUT2D eigenvalue weighted by Crippen LogP contribution is -2.41. The van der Waals surface area contributed by atoms with Crippen LogP contribution in [0.1, 0.15) is 25.0 Å². The summed E-state index contributed by atoms with van der Waals surface area (Å²) in [4.78, 5) is 24.1. The van der Waals surface area contributed by atoms with Gasteiger partial charge in [0.25, 0.3) is 5.79 Å². The second-order valence-corrected chi connectivity index (χ2v) is 7.00. The van der Waals surface area contributed by atoms with E-state index in [1.54, 1.807) is 24.3 Å². The first kappa shape index (κ1) is 19.8. The molecule has 1 aliphatic rings. The van der Waals surface area contributed by atoms with Crippen molar-refractivity contribution in [2.75, 3.05) is 7.11 Å². The smallest absolute Gasteiger partial charge is 0.348 e. The largest absolute Gasteiger partial charge is 0.493 e. The Morgan fingerprint density at radius 3 is 2.39 bits per heavy atom. The highest BCUT2D eigenvalue weighted by Crippen LogP contribution is 2.31. The third-order valence-corrected chi connectivity index (χ3v) is 4.13. The zero-order valence-electron chi connectivity index (χ0n) is 15.7. The number of carbonyl (C=O) groups excluding carboxylic acids is 2. The fraction of sp³-hybridized carbons (Fsp3) is 0.238. The minimum absolute atomic E-state index is 0.186. The minimum Gasteiger partial charge on any atom is -0.493 e. The lowest BCUT2D eigenvalue weighted by atomic mass is 10.1. The van der Waals surface area contributed by atoms with Crippen LogP contribution in [0.25, 0.3) is 6.08 Å². The summed E-state index contributed by atoms with van der Waals surface area (Å²) >= 11 is 5.98. The molecule has 0 aliphatic carbocycles. The molecule has 0 N–H and O–H groups in total. The van der Waals surface area contributed by atoms with Gasteiger partial charge < -0.3 is 18.9 Å². The Labute approximate surface area is 167 Å². The van der Waals surface area contributed by atoms with E-state index in [1.165, 1.54) is 27.0 Å². The van der Waals surface area contributed by atoms with Crippen molar-refractivity contribution in [1.29, 1.82) is 0 Å². The molecule has 0 amide bonds. The molecule has 0 bridgehead atoms. The maximum absolute atomic E-state index is 12.1. The Balaban J connectivity index is 1.79. The normalized spacial score (nSPS) is 15.5. The van der Waals surface area contributed by atoms with Crippen molar-refractivity contribution in [3.05, 3.63) is 64.2 Å². The first-order valence-corrected chi connectivity index (χ1v) is 8.89. The van der Waals surface area contributed by atoms with Crippen LogP contribution < -0.4 is 9.47 Å². The second-order valence-electron chi connectivity index (χ2n) is 6.57. The summed E-state index contributed by atoms with van der Waals surface area (Å²) in [6.45, 7) is 3.30. The average molecular weight is 403 g/mol. The summed E-state index contributed by atoms with van der Waals surface area (Å²) in [5.41, 5.74) is 1.29. The van der Waals surface area contributed by atoms with Gasteiger partial charge in [0, 0.05) is 18.9 Å². The van der Waals surface area contributed by atoms with Gasteiger partial charge in [0.1, 0.15) is 12.2 Å². The van der Waals surface area contributed by atoms with E-state index in [2.05, 4.69) is 0 Å². The molecule has 0 unspecified atom stereocenters. The van der Waals surface area contributed by atoms with Crippen LogP contribution in [0.15, 0.2) is 48.0 Å². The highest BCUT2D eigenvalue weighted by Gasteiger charge is 2.38. The average Bonchev–Trinajstić information content (AvgIpc) is 2.62. The van der Waals surface area contributed by atoms with Gasteiger partial charge in [-0.25, -0.2) is 9.59 Å². The zero-order chi connectivity index (χ0) is 20.3. The minimum atomic E-state index is -1.28.